The zero-order valence-corrected chi connectivity index (χ0v) is 20.2. The lowest BCUT2D eigenvalue weighted by atomic mass is 10.0. The van der Waals surface area contributed by atoms with E-state index in [0.717, 1.165) is 37.6 Å². The molecule has 3 heterocycles. The normalized spacial score (nSPS) is 15.7. The summed E-state index contributed by atoms with van der Waals surface area (Å²) < 4.78 is 11.3. The Morgan fingerprint density at radius 2 is 1.94 bits per heavy atom. The van der Waals surface area contributed by atoms with Crippen molar-refractivity contribution in [1.29, 1.82) is 5.26 Å². The zero-order valence-electron chi connectivity index (χ0n) is 20.2. The third-order valence-electron chi connectivity index (χ3n) is 6.43. The Morgan fingerprint density at radius 1 is 1.17 bits per heavy atom. The molecule has 0 bridgehead atoms. The average Bonchev–Trinajstić information content (AvgIpc) is 2.89. The molecule has 3 aromatic rings. The lowest BCUT2D eigenvalue weighted by Crippen LogP contribution is -2.51. The van der Waals surface area contributed by atoms with Gasteiger partial charge in [0.2, 0.25) is 11.9 Å². The van der Waals surface area contributed by atoms with Gasteiger partial charge >= 0.3 is 0 Å². The van der Waals surface area contributed by atoms with E-state index in [1.165, 1.54) is 5.69 Å². The third-order valence-corrected chi connectivity index (χ3v) is 6.43. The van der Waals surface area contributed by atoms with E-state index in [4.69, 9.17) is 9.47 Å². The maximum absolute atomic E-state index is 11.3. The molecule has 0 saturated carbocycles. The number of nitrogens with one attached hydrogen (secondary N) is 1. The summed E-state index contributed by atoms with van der Waals surface area (Å²) in [7, 11) is 0. The molecular formula is C27H28N6O3. The molecule has 5 rings (SSSR count). The van der Waals surface area contributed by atoms with E-state index in [9.17, 15) is 10.1 Å². The summed E-state index contributed by atoms with van der Waals surface area (Å²) in [5.74, 6) is 1.39. The van der Waals surface area contributed by atoms with E-state index >= 15 is 0 Å². The number of carbonyl (C=O) groups is 1. The van der Waals surface area contributed by atoms with Crippen molar-refractivity contribution in [2.24, 2.45) is 5.92 Å². The molecule has 0 aliphatic carbocycles. The van der Waals surface area contributed by atoms with Gasteiger partial charge in [0.25, 0.3) is 0 Å². The van der Waals surface area contributed by atoms with Crippen LogP contribution in [0, 0.1) is 17.2 Å². The fraction of sp³-hybridized carbons (Fsp3) is 0.333. The zero-order chi connectivity index (χ0) is 24.9. The summed E-state index contributed by atoms with van der Waals surface area (Å²) in [5.41, 5.74) is 4.01. The highest BCUT2D eigenvalue weighted by Crippen LogP contribution is 2.28. The summed E-state index contributed by atoms with van der Waals surface area (Å²) in [4.78, 5) is 24.4. The summed E-state index contributed by atoms with van der Waals surface area (Å²) in [6.45, 7) is 6.73. The average molecular weight is 485 g/mol. The molecule has 2 aliphatic heterocycles. The lowest BCUT2D eigenvalue weighted by molar-refractivity contribution is -0.135. The van der Waals surface area contributed by atoms with Crippen LogP contribution < -0.4 is 15.0 Å². The molecule has 0 radical (unpaired) electrons. The molecule has 0 spiro atoms. The highest BCUT2D eigenvalue weighted by Gasteiger charge is 2.29. The fourth-order valence-electron chi connectivity index (χ4n) is 4.33. The summed E-state index contributed by atoms with van der Waals surface area (Å²) in [5, 5.41) is 12.9. The Morgan fingerprint density at radius 3 is 2.67 bits per heavy atom. The third kappa shape index (κ3) is 5.39. The lowest BCUT2D eigenvalue weighted by Gasteiger charge is -2.38. The van der Waals surface area contributed by atoms with Crippen LogP contribution in [-0.2, 0) is 9.53 Å². The van der Waals surface area contributed by atoms with Crippen molar-refractivity contribution in [3.63, 3.8) is 0 Å². The van der Waals surface area contributed by atoms with Crippen molar-refractivity contribution >= 4 is 23.2 Å². The van der Waals surface area contributed by atoms with E-state index < -0.39 is 0 Å². The molecule has 0 unspecified atom stereocenters. The molecule has 184 valence electrons. The van der Waals surface area contributed by atoms with Crippen molar-refractivity contribution in [2.75, 3.05) is 56.2 Å². The Kier molecular flexibility index (Phi) is 6.96. The van der Waals surface area contributed by atoms with Crippen LogP contribution in [0.3, 0.4) is 0 Å². The molecule has 1 N–H and O–H groups in total. The highest BCUT2D eigenvalue weighted by atomic mass is 16.5. The number of ether oxygens (including phenoxy) is 2. The number of anilines is 3. The largest absolute Gasteiger partial charge is 0.492 e. The van der Waals surface area contributed by atoms with Crippen molar-refractivity contribution in [3.8, 4) is 23.1 Å². The van der Waals surface area contributed by atoms with Crippen LogP contribution in [0.1, 0.15) is 12.5 Å². The number of rotatable bonds is 7. The van der Waals surface area contributed by atoms with E-state index in [0.29, 0.717) is 48.6 Å². The van der Waals surface area contributed by atoms with Gasteiger partial charge in [0.1, 0.15) is 11.8 Å². The van der Waals surface area contributed by atoms with E-state index in [-0.39, 0.29) is 5.91 Å². The molecule has 2 fully saturated rings. The number of likely N-dealkylation sites (tertiary alicyclic amines) is 1. The number of nitrogens with zero attached hydrogens (tertiary/aromatic N) is 5. The minimum Gasteiger partial charge on any atom is -0.492 e. The molecular weight excluding hydrogens is 456 g/mol. The van der Waals surface area contributed by atoms with Gasteiger partial charge in [-0.2, -0.15) is 5.26 Å². The monoisotopic (exact) mass is 484 g/mol. The molecule has 9 nitrogen and oxygen atoms in total. The minimum absolute atomic E-state index is 0.0806. The smallest absolute Gasteiger partial charge is 0.227 e. The molecule has 9 heteroatoms. The van der Waals surface area contributed by atoms with Crippen LogP contribution in [-0.4, -0.2) is 66.8 Å². The van der Waals surface area contributed by atoms with E-state index in [1.54, 1.807) is 30.2 Å². The molecule has 1 amide bonds. The first-order valence-corrected chi connectivity index (χ1v) is 12.0. The van der Waals surface area contributed by atoms with Crippen molar-refractivity contribution in [3.05, 3.63) is 60.3 Å². The van der Waals surface area contributed by atoms with Crippen LogP contribution >= 0.6 is 0 Å². The number of morpholine rings is 1. The first-order valence-electron chi connectivity index (χ1n) is 12.0. The Hall–Kier alpha value is -4.16. The SMILES string of the molecule is CC(=O)N1CC(COc2ccc(-c3ccnc(Nc4ccc(N5CCOCC5)cc4)n3)cc2C#N)C1. The summed E-state index contributed by atoms with van der Waals surface area (Å²) in [6.07, 6.45) is 1.70. The topological polar surface area (TPSA) is 104 Å². The molecule has 2 aliphatic rings. The van der Waals surface area contributed by atoms with Crippen molar-refractivity contribution in [1.82, 2.24) is 14.9 Å². The Bertz CT molecular complexity index is 1260. The standard InChI is InChI=1S/C27H28N6O3/c1-19(34)33-16-20(17-33)18-36-26-7-2-21(14-22(26)15-28)25-8-9-29-27(31-25)30-23-3-5-24(6-4-23)32-10-12-35-13-11-32/h2-9,14,20H,10-13,16-18H2,1H3,(H,29,30,31). The van der Waals surface area contributed by atoms with Crippen LogP contribution in [0.2, 0.25) is 0 Å². The van der Waals surface area contributed by atoms with Gasteiger partial charge in [0.05, 0.1) is 31.1 Å². The summed E-state index contributed by atoms with van der Waals surface area (Å²) in [6, 6.07) is 17.7. The quantitative estimate of drug-likeness (QED) is 0.544. The van der Waals surface area contributed by atoms with Crippen LogP contribution in [0.4, 0.5) is 17.3 Å². The number of nitriles is 1. The second-order valence-corrected chi connectivity index (χ2v) is 8.96. The molecule has 1 aromatic heterocycles. The number of hydrogen-bond donors (Lipinski definition) is 1. The van der Waals surface area contributed by atoms with Gasteiger partial charge in [0, 0.05) is 62.2 Å². The summed E-state index contributed by atoms with van der Waals surface area (Å²) >= 11 is 0. The fourth-order valence-corrected chi connectivity index (χ4v) is 4.33. The van der Waals surface area contributed by atoms with Gasteiger partial charge in [-0.1, -0.05) is 0 Å². The van der Waals surface area contributed by atoms with Gasteiger partial charge in [-0.25, -0.2) is 9.97 Å². The van der Waals surface area contributed by atoms with Gasteiger partial charge < -0.3 is 24.6 Å². The highest BCUT2D eigenvalue weighted by molar-refractivity contribution is 5.74. The molecule has 0 atom stereocenters. The van der Waals surface area contributed by atoms with Crippen LogP contribution in [0.15, 0.2) is 54.7 Å². The second-order valence-electron chi connectivity index (χ2n) is 8.96. The van der Waals surface area contributed by atoms with Gasteiger partial charge in [-0.05, 0) is 48.5 Å². The van der Waals surface area contributed by atoms with Crippen LogP contribution in [0.25, 0.3) is 11.3 Å². The minimum atomic E-state index is 0.0806. The number of amides is 1. The molecule has 2 saturated heterocycles. The first-order chi connectivity index (χ1) is 17.6. The Labute approximate surface area is 210 Å². The molecule has 36 heavy (non-hydrogen) atoms. The number of aromatic nitrogens is 2. The van der Waals surface area contributed by atoms with Crippen molar-refractivity contribution in [2.45, 2.75) is 6.92 Å². The number of hydrogen-bond acceptors (Lipinski definition) is 8. The number of carbonyl (C=O) groups excluding carboxylic acids is 1. The van der Waals surface area contributed by atoms with Gasteiger partial charge in [-0.3, -0.25) is 4.79 Å². The number of benzene rings is 2. The van der Waals surface area contributed by atoms with E-state index in [2.05, 4.69) is 38.4 Å². The van der Waals surface area contributed by atoms with Gasteiger partial charge in [-0.15, -0.1) is 0 Å². The van der Waals surface area contributed by atoms with Crippen molar-refractivity contribution < 1.29 is 14.3 Å². The van der Waals surface area contributed by atoms with Gasteiger partial charge in [0.15, 0.2) is 0 Å². The second kappa shape index (κ2) is 10.6. The first kappa shape index (κ1) is 23.6. The molecule has 2 aromatic carbocycles. The predicted molar refractivity (Wildman–Crippen MR) is 136 cm³/mol. The maximum Gasteiger partial charge on any atom is 0.227 e. The predicted octanol–water partition coefficient (Wildman–Crippen LogP) is 3.45. The Balaban J connectivity index is 1.23. The maximum atomic E-state index is 11.3. The van der Waals surface area contributed by atoms with E-state index in [1.807, 2.05) is 24.3 Å². The van der Waals surface area contributed by atoms with Crippen LogP contribution in [0.5, 0.6) is 5.75 Å².